The summed E-state index contributed by atoms with van der Waals surface area (Å²) in [5.41, 5.74) is 1.58. The van der Waals surface area contributed by atoms with Crippen LogP contribution in [0.1, 0.15) is 45.1 Å². The molecule has 4 rings (SSSR count). The zero-order valence-corrected chi connectivity index (χ0v) is 21.6. The fourth-order valence-corrected chi connectivity index (χ4v) is 5.81. The van der Waals surface area contributed by atoms with Gasteiger partial charge in [0.05, 0.1) is 22.2 Å². The van der Waals surface area contributed by atoms with Gasteiger partial charge in [-0.1, -0.05) is 55.5 Å². The molecule has 5 nitrogen and oxygen atoms in total. The van der Waals surface area contributed by atoms with Crippen molar-refractivity contribution in [1.29, 1.82) is 0 Å². The Bertz CT molecular complexity index is 1170. The zero-order chi connectivity index (χ0) is 24.8. The van der Waals surface area contributed by atoms with Crippen molar-refractivity contribution >= 4 is 46.2 Å². The molecule has 2 fully saturated rings. The maximum absolute atomic E-state index is 13.7. The number of nitrogens with zero attached hydrogens (tertiary/aromatic N) is 2. The van der Waals surface area contributed by atoms with Gasteiger partial charge in [-0.3, -0.25) is 9.69 Å². The van der Waals surface area contributed by atoms with Crippen LogP contribution in [0.3, 0.4) is 0 Å². The fourth-order valence-electron chi connectivity index (χ4n) is 4.49. The number of carbonyl (C=O) groups is 1. The second-order valence-corrected chi connectivity index (χ2v) is 10.0. The number of thioether (sulfide) groups is 1. The lowest BCUT2D eigenvalue weighted by Gasteiger charge is -2.35. The van der Waals surface area contributed by atoms with E-state index < -0.39 is 0 Å². The maximum Gasteiger partial charge on any atom is 0.267 e. The highest BCUT2D eigenvalue weighted by Crippen LogP contribution is 2.42. The Kier molecular flexibility index (Phi) is 8.43. The van der Waals surface area contributed by atoms with Crippen molar-refractivity contribution in [3.8, 4) is 23.8 Å². The van der Waals surface area contributed by atoms with Crippen molar-refractivity contribution in [3.63, 3.8) is 0 Å². The molecule has 2 aromatic carbocycles. The summed E-state index contributed by atoms with van der Waals surface area (Å²) in [4.78, 5) is 21.1. The minimum Gasteiger partial charge on any atom is -0.490 e. The van der Waals surface area contributed by atoms with Crippen LogP contribution in [0.4, 0.5) is 5.69 Å². The average Bonchev–Trinajstić information content (AvgIpc) is 3.14. The maximum atomic E-state index is 13.7. The molecule has 1 heterocycles. The molecular formula is C28H29ClN2O3S. The van der Waals surface area contributed by atoms with E-state index in [4.69, 9.17) is 32.5 Å². The summed E-state index contributed by atoms with van der Waals surface area (Å²) in [6, 6.07) is 13.5. The first-order chi connectivity index (χ1) is 17.0. The number of para-hydroxylation sites is 1. The van der Waals surface area contributed by atoms with Gasteiger partial charge in [-0.05, 0) is 73.4 Å². The third-order valence-electron chi connectivity index (χ3n) is 6.14. The smallest absolute Gasteiger partial charge is 0.267 e. The molecule has 1 aliphatic carbocycles. The van der Waals surface area contributed by atoms with Crippen molar-refractivity contribution in [3.05, 3.63) is 58.0 Å². The monoisotopic (exact) mass is 508 g/mol. The van der Waals surface area contributed by atoms with Gasteiger partial charge in [-0.15, -0.1) is 6.42 Å². The number of hydrogen-bond donors (Lipinski definition) is 0. The minimum absolute atomic E-state index is 0.0230. The Labute approximate surface area is 216 Å². The van der Waals surface area contributed by atoms with Crippen molar-refractivity contribution in [1.82, 2.24) is 4.90 Å². The molecule has 0 unspecified atom stereocenters. The van der Waals surface area contributed by atoms with Crippen molar-refractivity contribution < 1.29 is 14.3 Å². The molecule has 1 saturated carbocycles. The highest BCUT2D eigenvalue weighted by atomic mass is 35.5. The molecule has 0 spiro atoms. The number of benzene rings is 2. The van der Waals surface area contributed by atoms with Gasteiger partial charge in [0.15, 0.2) is 16.7 Å². The molecule has 0 aromatic heterocycles. The van der Waals surface area contributed by atoms with Crippen LogP contribution in [-0.4, -0.2) is 35.2 Å². The van der Waals surface area contributed by atoms with Crippen molar-refractivity contribution in [2.24, 2.45) is 10.9 Å². The first-order valence-corrected chi connectivity index (χ1v) is 13.1. The van der Waals surface area contributed by atoms with Crippen molar-refractivity contribution in [2.75, 3.05) is 13.2 Å². The molecule has 0 radical (unpaired) electrons. The fraction of sp³-hybridized carbons (Fsp3) is 0.357. The standard InChI is InChI=1S/C28H29ClN2O3S/c1-4-15-34-26-22(29)16-20(17-24(26)33-5-2)18-25-27(32)31(23-14-10-9-11-19(23)3)28(35-25)30-21-12-7-6-8-13-21/h1,6-8,12-13,16-19,23H,5,9-11,14-15H2,2-3H3/b25-18-,30-28?/t19-,23+/m1/s1. The number of halogens is 1. The molecule has 2 atom stereocenters. The van der Waals surface area contributed by atoms with Gasteiger partial charge in [0.1, 0.15) is 6.61 Å². The predicted molar refractivity (Wildman–Crippen MR) is 144 cm³/mol. The lowest BCUT2D eigenvalue weighted by Crippen LogP contribution is -2.44. The van der Waals surface area contributed by atoms with Crippen LogP contribution in [0.15, 0.2) is 52.4 Å². The van der Waals surface area contributed by atoms with E-state index >= 15 is 0 Å². The molecular weight excluding hydrogens is 480 g/mol. The number of aliphatic imine (C=N–C) groups is 1. The SMILES string of the molecule is C#CCOc1c(Cl)cc(/C=C2\SC(=Nc3ccccc3)N([C@H]3CCCC[C@H]3C)C2=O)cc1OCC. The Hall–Kier alpha value is -2.88. The van der Waals surface area contributed by atoms with Gasteiger partial charge in [0.2, 0.25) is 0 Å². The van der Waals surface area contributed by atoms with Crippen LogP contribution in [0.5, 0.6) is 11.5 Å². The highest BCUT2D eigenvalue weighted by molar-refractivity contribution is 8.18. The van der Waals surface area contributed by atoms with E-state index in [1.54, 1.807) is 6.07 Å². The van der Waals surface area contributed by atoms with Gasteiger partial charge in [-0.2, -0.15) is 0 Å². The summed E-state index contributed by atoms with van der Waals surface area (Å²) in [7, 11) is 0. The summed E-state index contributed by atoms with van der Waals surface area (Å²) in [6.45, 7) is 4.64. The zero-order valence-electron chi connectivity index (χ0n) is 20.0. The minimum atomic E-state index is -0.0230. The van der Waals surface area contributed by atoms with Gasteiger partial charge in [0, 0.05) is 6.04 Å². The number of amidine groups is 1. The van der Waals surface area contributed by atoms with E-state index in [-0.39, 0.29) is 18.6 Å². The Balaban J connectivity index is 1.72. The summed E-state index contributed by atoms with van der Waals surface area (Å²) < 4.78 is 11.3. The van der Waals surface area contributed by atoms with E-state index in [0.29, 0.717) is 34.0 Å². The third-order valence-corrected chi connectivity index (χ3v) is 7.41. The molecule has 7 heteroatoms. The summed E-state index contributed by atoms with van der Waals surface area (Å²) in [5.74, 6) is 3.73. The van der Waals surface area contributed by atoms with Gasteiger partial charge < -0.3 is 9.47 Å². The highest BCUT2D eigenvalue weighted by Gasteiger charge is 2.41. The van der Waals surface area contributed by atoms with Gasteiger partial charge in [-0.25, -0.2) is 4.99 Å². The second kappa shape index (κ2) is 11.7. The Morgan fingerprint density at radius 2 is 2.00 bits per heavy atom. The Morgan fingerprint density at radius 3 is 2.71 bits per heavy atom. The molecule has 0 N–H and O–H groups in total. The molecule has 182 valence electrons. The van der Waals surface area contributed by atoms with Crippen LogP contribution in [0.25, 0.3) is 6.08 Å². The quantitative estimate of drug-likeness (QED) is 0.300. The lowest BCUT2D eigenvalue weighted by molar-refractivity contribution is -0.124. The summed E-state index contributed by atoms with van der Waals surface area (Å²) in [5, 5.41) is 1.10. The topological polar surface area (TPSA) is 51.1 Å². The molecule has 2 aromatic rings. The van der Waals surface area contributed by atoms with E-state index in [0.717, 1.165) is 35.7 Å². The second-order valence-electron chi connectivity index (χ2n) is 8.60. The van der Waals surface area contributed by atoms with E-state index in [1.807, 2.05) is 54.3 Å². The number of hydrogen-bond acceptors (Lipinski definition) is 5. The first-order valence-electron chi connectivity index (χ1n) is 11.9. The molecule has 35 heavy (non-hydrogen) atoms. The van der Waals surface area contributed by atoms with Crippen LogP contribution in [0, 0.1) is 18.3 Å². The Morgan fingerprint density at radius 1 is 1.23 bits per heavy atom. The molecule has 0 bridgehead atoms. The van der Waals surface area contributed by atoms with Crippen LogP contribution >= 0.6 is 23.4 Å². The summed E-state index contributed by atoms with van der Waals surface area (Å²) >= 11 is 7.91. The number of carbonyl (C=O) groups excluding carboxylic acids is 1. The predicted octanol–water partition coefficient (Wildman–Crippen LogP) is 6.93. The van der Waals surface area contributed by atoms with E-state index in [1.165, 1.54) is 18.2 Å². The van der Waals surface area contributed by atoms with Crippen molar-refractivity contribution in [2.45, 2.75) is 45.6 Å². The van der Waals surface area contributed by atoms with E-state index in [9.17, 15) is 4.79 Å². The first kappa shape index (κ1) is 25.2. The molecule has 2 aliphatic rings. The molecule has 1 amide bonds. The number of rotatable bonds is 7. The number of terminal acetylenes is 1. The molecule has 1 saturated heterocycles. The van der Waals surface area contributed by atoms with Gasteiger partial charge >= 0.3 is 0 Å². The lowest BCUT2D eigenvalue weighted by atomic mass is 9.85. The van der Waals surface area contributed by atoms with Crippen LogP contribution < -0.4 is 9.47 Å². The normalized spacial score (nSPS) is 22.5. The van der Waals surface area contributed by atoms with E-state index in [2.05, 4.69) is 12.8 Å². The van der Waals surface area contributed by atoms with Gasteiger partial charge in [0.25, 0.3) is 5.91 Å². The van der Waals surface area contributed by atoms with Crippen LogP contribution in [0.2, 0.25) is 5.02 Å². The van der Waals surface area contributed by atoms with Crippen LogP contribution in [-0.2, 0) is 4.79 Å². The largest absolute Gasteiger partial charge is 0.490 e. The number of amides is 1. The molecule has 1 aliphatic heterocycles. The average molecular weight is 509 g/mol. The summed E-state index contributed by atoms with van der Waals surface area (Å²) in [6.07, 6.45) is 11.6. The number of ether oxygens (including phenoxy) is 2. The third kappa shape index (κ3) is 5.86.